The van der Waals surface area contributed by atoms with Crippen molar-refractivity contribution in [1.29, 1.82) is 0 Å². The van der Waals surface area contributed by atoms with Crippen LogP contribution < -0.4 is 5.32 Å². The molecule has 0 spiro atoms. The zero-order chi connectivity index (χ0) is 13.2. The molecule has 2 rings (SSSR count). The number of nitrogens with zero attached hydrogens (tertiary/aromatic N) is 1. The molecule has 0 atom stereocenters. The van der Waals surface area contributed by atoms with Crippen LogP contribution in [0.15, 0.2) is 22.7 Å². The van der Waals surface area contributed by atoms with Gasteiger partial charge in [0.1, 0.15) is 5.82 Å². The van der Waals surface area contributed by atoms with Crippen LogP contribution in [0.5, 0.6) is 0 Å². The normalized spacial score (nSPS) is 17.8. The summed E-state index contributed by atoms with van der Waals surface area (Å²) in [7, 11) is 4.28. The van der Waals surface area contributed by atoms with E-state index in [1.165, 1.54) is 19.3 Å². The third kappa shape index (κ3) is 2.92. The van der Waals surface area contributed by atoms with E-state index in [0.29, 0.717) is 10.0 Å². The molecule has 2 nitrogen and oxygen atoms in total. The molecule has 0 heterocycles. The third-order valence-corrected chi connectivity index (χ3v) is 4.64. The Labute approximate surface area is 117 Å². The summed E-state index contributed by atoms with van der Waals surface area (Å²) in [5.41, 5.74) is 1.30. The van der Waals surface area contributed by atoms with Gasteiger partial charge in [0.05, 0.1) is 4.47 Å². The highest BCUT2D eigenvalue weighted by Gasteiger charge is 2.38. The minimum Gasteiger partial charge on any atom is -0.311 e. The van der Waals surface area contributed by atoms with Crippen molar-refractivity contribution in [2.24, 2.45) is 0 Å². The summed E-state index contributed by atoms with van der Waals surface area (Å²) in [5, 5.41) is 3.45. The van der Waals surface area contributed by atoms with E-state index < -0.39 is 0 Å². The molecule has 0 saturated heterocycles. The zero-order valence-corrected chi connectivity index (χ0v) is 12.6. The summed E-state index contributed by atoms with van der Waals surface area (Å²) < 4.78 is 13.9. The Morgan fingerprint density at radius 3 is 2.61 bits per heavy atom. The van der Waals surface area contributed by atoms with Crippen molar-refractivity contribution in [3.05, 3.63) is 34.1 Å². The number of halogens is 2. The predicted molar refractivity (Wildman–Crippen MR) is 76.1 cm³/mol. The van der Waals surface area contributed by atoms with Crippen LogP contribution in [0.4, 0.5) is 4.39 Å². The molecule has 0 aliphatic heterocycles. The molecular formula is C14H20BrFN2. The number of hydrogen-bond donors (Lipinski definition) is 1. The van der Waals surface area contributed by atoms with Gasteiger partial charge in [-0.25, -0.2) is 4.39 Å². The summed E-state index contributed by atoms with van der Waals surface area (Å²) >= 11 is 3.17. The fraction of sp³-hybridized carbons (Fsp3) is 0.571. The van der Waals surface area contributed by atoms with Crippen LogP contribution in [0, 0.1) is 5.82 Å². The van der Waals surface area contributed by atoms with Crippen LogP contribution in [0.25, 0.3) is 0 Å². The fourth-order valence-corrected chi connectivity index (χ4v) is 2.70. The van der Waals surface area contributed by atoms with Crippen LogP contribution in [0.2, 0.25) is 0 Å². The van der Waals surface area contributed by atoms with Gasteiger partial charge in [-0.3, -0.25) is 0 Å². The molecule has 0 aromatic heterocycles. The van der Waals surface area contributed by atoms with Crippen molar-refractivity contribution < 1.29 is 4.39 Å². The second kappa shape index (κ2) is 5.68. The van der Waals surface area contributed by atoms with E-state index >= 15 is 0 Å². The average molecular weight is 315 g/mol. The van der Waals surface area contributed by atoms with E-state index in [0.717, 1.165) is 18.7 Å². The van der Waals surface area contributed by atoms with Gasteiger partial charge in [0.15, 0.2) is 0 Å². The van der Waals surface area contributed by atoms with Crippen molar-refractivity contribution in [3.63, 3.8) is 0 Å². The maximum Gasteiger partial charge on any atom is 0.137 e. The molecule has 1 aromatic carbocycles. The van der Waals surface area contributed by atoms with Crippen molar-refractivity contribution in [2.75, 3.05) is 20.6 Å². The zero-order valence-electron chi connectivity index (χ0n) is 11.0. The lowest BCUT2D eigenvalue weighted by Crippen LogP contribution is -2.56. The Morgan fingerprint density at radius 2 is 2.11 bits per heavy atom. The molecular weight excluding hydrogens is 295 g/mol. The molecule has 1 fully saturated rings. The first-order valence-corrected chi connectivity index (χ1v) is 7.15. The maximum atomic E-state index is 13.4. The van der Waals surface area contributed by atoms with Crippen LogP contribution in [-0.4, -0.2) is 31.1 Å². The number of rotatable bonds is 5. The molecule has 1 aromatic rings. The summed E-state index contributed by atoms with van der Waals surface area (Å²) in [5.74, 6) is -0.194. The minimum atomic E-state index is -0.194. The molecule has 4 heteroatoms. The van der Waals surface area contributed by atoms with Gasteiger partial charge in [-0.2, -0.15) is 0 Å². The van der Waals surface area contributed by atoms with Crippen molar-refractivity contribution >= 4 is 15.9 Å². The highest BCUT2D eigenvalue weighted by atomic mass is 79.9. The second-order valence-electron chi connectivity index (χ2n) is 5.32. The Hall–Kier alpha value is -0.450. The topological polar surface area (TPSA) is 15.3 Å². The second-order valence-corrected chi connectivity index (χ2v) is 6.18. The van der Waals surface area contributed by atoms with Gasteiger partial charge in [0.25, 0.3) is 0 Å². The van der Waals surface area contributed by atoms with Crippen molar-refractivity contribution in [1.82, 2.24) is 10.2 Å². The molecule has 0 amide bonds. The Balaban J connectivity index is 1.86. The average Bonchev–Trinajstić information content (AvgIpc) is 2.26. The predicted octanol–water partition coefficient (Wildman–Crippen LogP) is 3.16. The van der Waals surface area contributed by atoms with Crippen LogP contribution >= 0.6 is 15.9 Å². The molecule has 0 radical (unpaired) electrons. The summed E-state index contributed by atoms with van der Waals surface area (Å²) in [6, 6.07) is 5.29. The lowest BCUT2D eigenvalue weighted by atomic mass is 9.75. The summed E-state index contributed by atoms with van der Waals surface area (Å²) in [6.45, 7) is 1.69. The van der Waals surface area contributed by atoms with E-state index in [-0.39, 0.29) is 5.82 Å². The van der Waals surface area contributed by atoms with E-state index in [2.05, 4.69) is 40.2 Å². The van der Waals surface area contributed by atoms with Crippen molar-refractivity contribution in [2.45, 2.75) is 31.3 Å². The number of benzene rings is 1. The number of hydrogen-bond acceptors (Lipinski definition) is 2. The van der Waals surface area contributed by atoms with Gasteiger partial charge < -0.3 is 10.2 Å². The van der Waals surface area contributed by atoms with Crippen LogP contribution in [-0.2, 0) is 6.54 Å². The van der Waals surface area contributed by atoms with E-state index in [1.54, 1.807) is 12.1 Å². The van der Waals surface area contributed by atoms with E-state index in [4.69, 9.17) is 0 Å². The van der Waals surface area contributed by atoms with Crippen LogP contribution in [0.3, 0.4) is 0 Å². The molecule has 1 aliphatic carbocycles. The van der Waals surface area contributed by atoms with Gasteiger partial charge >= 0.3 is 0 Å². The lowest BCUT2D eigenvalue weighted by molar-refractivity contribution is 0.0598. The first-order chi connectivity index (χ1) is 8.53. The molecule has 0 unspecified atom stereocenters. The molecule has 1 aliphatic rings. The quantitative estimate of drug-likeness (QED) is 0.898. The molecule has 0 bridgehead atoms. The first kappa shape index (κ1) is 14.0. The van der Waals surface area contributed by atoms with Gasteiger partial charge in [0.2, 0.25) is 0 Å². The molecule has 18 heavy (non-hydrogen) atoms. The standard InChI is InChI=1S/C14H20BrFN2/c1-18(2)14(6-3-7-14)10-17-9-11-4-5-12(15)13(16)8-11/h4-5,8,17H,3,6-7,9-10H2,1-2H3. The SMILES string of the molecule is CN(C)C1(CNCc2ccc(Br)c(F)c2)CCC1. The van der Waals surface area contributed by atoms with Crippen LogP contribution in [0.1, 0.15) is 24.8 Å². The van der Waals surface area contributed by atoms with Gasteiger partial charge in [0, 0.05) is 18.6 Å². The minimum absolute atomic E-state index is 0.194. The monoisotopic (exact) mass is 314 g/mol. The largest absolute Gasteiger partial charge is 0.311 e. The summed E-state index contributed by atoms with van der Waals surface area (Å²) in [6.07, 6.45) is 3.82. The smallest absolute Gasteiger partial charge is 0.137 e. The lowest BCUT2D eigenvalue weighted by Gasteiger charge is -2.47. The van der Waals surface area contributed by atoms with Gasteiger partial charge in [-0.05, 0) is 67.0 Å². The molecule has 100 valence electrons. The number of likely N-dealkylation sites (N-methyl/N-ethyl adjacent to an activating group) is 1. The van der Waals surface area contributed by atoms with E-state index in [9.17, 15) is 4.39 Å². The van der Waals surface area contributed by atoms with Crippen molar-refractivity contribution in [3.8, 4) is 0 Å². The highest BCUT2D eigenvalue weighted by Crippen LogP contribution is 2.35. The fourth-order valence-electron chi connectivity index (χ4n) is 2.46. The van der Waals surface area contributed by atoms with Gasteiger partial charge in [-0.1, -0.05) is 6.07 Å². The molecule has 1 N–H and O–H groups in total. The van der Waals surface area contributed by atoms with E-state index in [1.807, 2.05) is 6.07 Å². The third-order valence-electron chi connectivity index (χ3n) is 4.00. The maximum absolute atomic E-state index is 13.4. The molecule has 1 saturated carbocycles. The highest BCUT2D eigenvalue weighted by molar-refractivity contribution is 9.10. The Bertz CT molecular complexity index is 416. The first-order valence-electron chi connectivity index (χ1n) is 6.36. The Morgan fingerprint density at radius 1 is 1.39 bits per heavy atom. The number of nitrogens with one attached hydrogen (secondary N) is 1. The summed E-state index contributed by atoms with van der Waals surface area (Å²) in [4.78, 5) is 2.31. The Kier molecular flexibility index (Phi) is 4.41. The van der Waals surface area contributed by atoms with Gasteiger partial charge in [-0.15, -0.1) is 0 Å².